The van der Waals surface area contributed by atoms with Crippen molar-refractivity contribution in [2.45, 2.75) is 52.4 Å². The molecule has 0 unspecified atom stereocenters. The van der Waals surface area contributed by atoms with Crippen LogP contribution in [0.25, 0.3) is 50.0 Å². The standard InChI is InChI=1S/C44H39N4O.Pt/c1-43(2,3)30-24-25-45-42(26-30)48-37-17-11-10-16-34(37)35-22-20-32(27-40(35)48)49-33-21-23-36(44(4,5)6)41(28-33)47-29-46(31-14-8-7-9-15-31)38-18-12-13-19-39(38)47;/h7-26,29H,1-6H3;/q-1;. The van der Waals surface area contributed by atoms with Crippen molar-refractivity contribution in [3.63, 3.8) is 0 Å². The summed E-state index contributed by atoms with van der Waals surface area (Å²) >= 11 is 0. The molecule has 0 aliphatic carbocycles. The minimum Gasteiger partial charge on any atom is -0.508 e. The zero-order chi connectivity index (χ0) is 33.9. The van der Waals surface area contributed by atoms with Crippen LogP contribution >= 0.6 is 0 Å². The second kappa shape index (κ2) is 12.7. The van der Waals surface area contributed by atoms with Gasteiger partial charge in [0.05, 0.1) is 0 Å². The van der Waals surface area contributed by atoms with Crippen LogP contribution < -0.4 is 4.74 Å². The van der Waals surface area contributed by atoms with Gasteiger partial charge in [-0.05, 0) is 52.1 Å². The fourth-order valence-electron chi connectivity index (χ4n) is 6.70. The number of benzene rings is 5. The van der Waals surface area contributed by atoms with Gasteiger partial charge in [0.1, 0.15) is 11.5 Å². The molecule has 8 aromatic rings. The zero-order valence-electron chi connectivity index (χ0n) is 29.1. The van der Waals surface area contributed by atoms with Crippen molar-refractivity contribution < 1.29 is 25.8 Å². The Morgan fingerprint density at radius 1 is 0.620 bits per heavy atom. The number of hydrogen-bond donors (Lipinski definition) is 0. The van der Waals surface area contributed by atoms with E-state index in [0.717, 1.165) is 50.0 Å². The summed E-state index contributed by atoms with van der Waals surface area (Å²) in [6, 6.07) is 47.3. The molecular formula is C44H39N4OPt-. The van der Waals surface area contributed by atoms with Gasteiger partial charge < -0.3 is 9.30 Å². The van der Waals surface area contributed by atoms with E-state index in [2.05, 4.69) is 171 Å². The largest absolute Gasteiger partial charge is 0.508 e. The molecule has 0 fully saturated rings. The van der Waals surface area contributed by atoms with Crippen LogP contribution in [0.2, 0.25) is 0 Å². The molecule has 50 heavy (non-hydrogen) atoms. The molecule has 0 atom stereocenters. The summed E-state index contributed by atoms with van der Waals surface area (Å²) in [6.45, 7) is 13.4. The molecule has 3 aromatic heterocycles. The number of aromatic nitrogens is 4. The molecule has 5 aromatic carbocycles. The quantitative estimate of drug-likeness (QED) is 0.162. The van der Waals surface area contributed by atoms with Crippen LogP contribution in [0.5, 0.6) is 11.5 Å². The molecule has 0 aliphatic rings. The molecule has 0 saturated carbocycles. The Labute approximate surface area is 308 Å². The first kappa shape index (κ1) is 33.5. The summed E-state index contributed by atoms with van der Waals surface area (Å²) < 4.78 is 13.3. The fraction of sp³-hybridized carbons (Fsp3) is 0.182. The normalized spacial score (nSPS) is 12.0. The molecule has 3 heterocycles. The molecule has 0 saturated heterocycles. The summed E-state index contributed by atoms with van der Waals surface area (Å²) in [6.07, 6.45) is 4.05. The SMILES string of the molecule is CC(C)(C)c1ccnc(-n2c3[c-]c(Oc4[c-]c(-n5[cH+]n(-c6ccccc6)c6ccccc65)c(C(C)(C)C)cc4)ccc3c3ccccc32)c1.[Pt]. The van der Waals surface area contributed by atoms with Gasteiger partial charge in [-0.2, -0.15) is 16.7 Å². The summed E-state index contributed by atoms with van der Waals surface area (Å²) in [5.74, 6) is 2.10. The third-order valence-electron chi connectivity index (χ3n) is 9.23. The Bertz CT molecular complexity index is 2500. The number of rotatable bonds is 5. The third-order valence-corrected chi connectivity index (χ3v) is 9.23. The van der Waals surface area contributed by atoms with Crippen molar-refractivity contribution in [2.75, 3.05) is 0 Å². The monoisotopic (exact) mass is 834 g/mol. The first-order valence-electron chi connectivity index (χ1n) is 16.8. The van der Waals surface area contributed by atoms with Crippen molar-refractivity contribution in [1.29, 1.82) is 0 Å². The van der Waals surface area contributed by atoms with Crippen LogP contribution in [-0.2, 0) is 31.9 Å². The van der Waals surface area contributed by atoms with Crippen molar-refractivity contribution in [1.82, 2.24) is 18.7 Å². The number of fused-ring (bicyclic) bond motifs is 4. The van der Waals surface area contributed by atoms with E-state index >= 15 is 0 Å². The van der Waals surface area contributed by atoms with Crippen molar-refractivity contribution in [2.24, 2.45) is 0 Å². The topological polar surface area (TPSA) is 36.9 Å². The van der Waals surface area contributed by atoms with Gasteiger partial charge in [-0.15, -0.1) is 23.6 Å². The van der Waals surface area contributed by atoms with Gasteiger partial charge in [0.25, 0.3) is 0 Å². The minimum absolute atomic E-state index is 0. The summed E-state index contributed by atoms with van der Waals surface area (Å²) in [5, 5.41) is 2.25. The van der Waals surface area contributed by atoms with E-state index in [-0.39, 0.29) is 31.9 Å². The molecule has 0 amide bonds. The zero-order valence-corrected chi connectivity index (χ0v) is 31.4. The molecule has 8 rings (SSSR count). The van der Waals surface area contributed by atoms with Crippen molar-refractivity contribution in [3.05, 3.63) is 151 Å². The molecule has 0 N–H and O–H groups in total. The van der Waals surface area contributed by atoms with E-state index in [1.807, 2.05) is 24.4 Å². The smallest absolute Gasteiger partial charge is 0.168 e. The van der Waals surface area contributed by atoms with Gasteiger partial charge in [0, 0.05) is 62.1 Å². The second-order valence-electron chi connectivity index (χ2n) is 14.7. The maximum Gasteiger partial charge on any atom is 0.168 e. The molecule has 0 bridgehead atoms. The number of pyridine rings is 1. The van der Waals surface area contributed by atoms with Gasteiger partial charge in [-0.1, -0.05) is 107 Å². The Morgan fingerprint density at radius 2 is 1.26 bits per heavy atom. The number of hydrogen-bond acceptors (Lipinski definition) is 2. The second-order valence-corrected chi connectivity index (χ2v) is 14.7. The molecular weight excluding hydrogens is 796 g/mol. The van der Waals surface area contributed by atoms with Gasteiger partial charge in [-0.3, -0.25) is 0 Å². The van der Waals surface area contributed by atoms with Crippen LogP contribution in [0.1, 0.15) is 52.7 Å². The van der Waals surface area contributed by atoms with Gasteiger partial charge in [-0.25, -0.2) is 9.55 Å². The van der Waals surface area contributed by atoms with E-state index in [1.165, 1.54) is 11.1 Å². The summed E-state index contributed by atoms with van der Waals surface area (Å²) in [7, 11) is 0. The van der Waals surface area contributed by atoms with E-state index < -0.39 is 0 Å². The molecule has 0 aliphatic heterocycles. The Balaban J connectivity index is 0.00000392. The van der Waals surface area contributed by atoms with E-state index in [1.54, 1.807) is 0 Å². The van der Waals surface area contributed by atoms with Gasteiger partial charge >= 0.3 is 0 Å². The molecule has 5 nitrogen and oxygen atoms in total. The fourth-order valence-corrected chi connectivity index (χ4v) is 6.70. The average molecular weight is 835 g/mol. The molecule has 252 valence electrons. The maximum absolute atomic E-state index is 6.62. The Kier molecular flexibility index (Phi) is 8.52. The molecule has 0 radical (unpaired) electrons. The van der Waals surface area contributed by atoms with Crippen molar-refractivity contribution >= 4 is 32.8 Å². The van der Waals surface area contributed by atoms with Gasteiger partial charge in [0.2, 0.25) is 0 Å². The number of imidazole rings is 1. The van der Waals surface area contributed by atoms with Crippen LogP contribution in [0, 0.1) is 12.1 Å². The average Bonchev–Trinajstić information content (AvgIpc) is 3.64. The van der Waals surface area contributed by atoms with E-state index in [9.17, 15) is 0 Å². The van der Waals surface area contributed by atoms with Crippen molar-refractivity contribution in [3.8, 4) is 28.7 Å². The molecule has 6 heteroatoms. The Hall–Kier alpha value is -4.99. The predicted molar refractivity (Wildman–Crippen MR) is 201 cm³/mol. The number of ether oxygens (including phenoxy) is 1. The van der Waals surface area contributed by atoms with Gasteiger partial charge in [0.15, 0.2) is 17.4 Å². The molecule has 0 spiro atoms. The van der Waals surface area contributed by atoms with Crippen LogP contribution in [0.3, 0.4) is 0 Å². The number of nitrogens with zero attached hydrogens (tertiary/aromatic N) is 4. The van der Waals surface area contributed by atoms with E-state index in [4.69, 9.17) is 9.72 Å². The predicted octanol–water partition coefficient (Wildman–Crippen LogP) is 11.2. The number of para-hydroxylation sites is 4. The third kappa shape index (κ3) is 5.94. The van der Waals surface area contributed by atoms with Crippen LogP contribution in [-0.4, -0.2) is 18.7 Å². The summed E-state index contributed by atoms with van der Waals surface area (Å²) in [4.78, 5) is 4.83. The van der Waals surface area contributed by atoms with Crippen LogP contribution in [0.15, 0.2) is 128 Å². The minimum atomic E-state index is -0.131. The summed E-state index contributed by atoms with van der Waals surface area (Å²) in [5.41, 5.74) is 8.52. The first-order valence-corrected chi connectivity index (χ1v) is 16.8. The maximum atomic E-state index is 6.62. The first-order chi connectivity index (χ1) is 23.6. The van der Waals surface area contributed by atoms with E-state index in [0.29, 0.717) is 11.5 Å². The Morgan fingerprint density at radius 3 is 1.98 bits per heavy atom. The van der Waals surface area contributed by atoms with Crippen LogP contribution in [0.4, 0.5) is 0 Å².